The Hall–Kier alpha value is -0.730. The zero-order valence-electron chi connectivity index (χ0n) is 10.7. The van der Waals surface area contributed by atoms with Crippen molar-refractivity contribution >= 4 is 29.1 Å². The quantitative estimate of drug-likeness (QED) is 0.758. The fourth-order valence-electron chi connectivity index (χ4n) is 3.40. The van der Waals surface area contributed by atoms with Crippen molar-refractivity contribution in [2.24, 2.45) is 11.8 Å². The summed E-state index contributed by atoms with van der Waals surface area (Å²) in [6.07, 6.45) is 5.14. The van der Waals surface area contributed by atoms with Gasteiger partial charge in [-0.1, -0.05) is 36.0 Å². The van der Waals surface area contributed by atoms with Crippen molar-refractivity contribution in [3.05, 3.63) is 33.8 Å². The van der Waals surface area contributed by atoms with Gasteiger partial charge < -0.3 is 4.90 Å². The van der Waals surface area contributed by atoms with Gasteiger partial charge in [0.15, 0.2) is 0 Å². The molecule has 1 saturated heterocycles. The van der Waals surface area contributed by atoms with Gasteiger partial charge in [0.05, 0.1) is 10.6 Å². The summed E-state index contributed by atoms with van der Waals surface area (Å²) in [7, 11) is 0. The van der Waals surface area contributed by atoms with E-state index in [-0.39, 0.29) is 5.91 Å². The van der Waals surface area contributed by atoms with Gasteiger partial charge in [-0.25, -0.2) is 0 Å². The summed E-state index contributed by atoms with van der Waals surface area (Å²) in [5, 5.41) is 1.05. The molecule has 1 heterocycles. The molecule has 2 atom stereocenters. The maximum Gasteiger partial charge on any atom is 0.255 e. The average molecular weight is 298 g/mol. The molecular weight excluding hydrogens is 281 g/mol. The lowest BCUT2D eigenvalue weighted by atomic mass is 9.82. The smallest absolute Gasteiger partial charge is 0.255 e. The van der Waals surface area contributed by atoms with Crippen LogP contribution in [-0.4, -0.2) is 23.9 Å². The Kier molecular flexibility index (Phi) is 3.72. The first kappa shape index (κ1) is 13.3. The van der Waals surface area contributed by atoms with E-state index >= 15 is 0 Å². The van der Waals surface area contributed by atoms with Crippen LogP contribution in [-0.2, 0) is 0 Å². The number of benzene rings is 1. The second-order valence-electron chi connectivity index (χ2n) is 5.64. The van der Waals surface area contributed by atoms with Gasteiger partial charge in [-0.15, -0.1) is 0 Å². The minimum Gasteiger partial charge on any atom is -0.338 e. The number of fused-ring (bicyclic) bond motifs is 1. The lowest BCUT2D eigenvalue weighted by molar-refractivity contribution is 0.0784. The maximum absolute atomic E-state index is 12.5. The molecule has 1 aliphatic carbocycles. The summed E-state index contributed by atoms with van der Waals surface area (Å²) in [5.74, 6) is 1.41. The van der Waals surface area contributed by atoms with Crippen molar-refractivity contribution in [2.75, 3.05) is 13.1 Å². The van der Waals surface area contributed by atoms with Crippen LogP contribution in [0.2, 0.25) is 10.0 Å². The number of carbonyl (C=O) groups is 1. The van der Waals surface area contributed by atoms with Crippen LogP contribution >= 0.6 is 23.2 Å². The van der Waals surface area contributed by atoms with Crippen molar-refractivity contribution in [1.82, 2.24) is 4.90 Å². The zero-order chi connectivity index (χ0) is 13.4. The third-order valence-electron chi connectivity index (χ3n) is 4.42. The van der Waals surface area contributed by atoms with E-state index in [0.717, 1.165) is 13.1 Å². The molecule has 3 rings (SSSR count). The van der Waals surface area contributed by atoms with E-state index in [1.54, 1.807) is 18.2 Å². The van der Waals surface area contributed by atoms with E-state index in [0.29, 0.717) is 27.4 Å². The van der Waals surface area contributed by atoms with Crippen molar-refractivity contribution in [1.29, 1.82) is 0 Å². The Balaban J connectivity index is 1.79. The van der Waals surface area contributed by atoms with Crippen LogP contribution in [0.3, 0.4) is 0 Å². The molecule has 2 nitrogen and oxygen atoms in total. The highest BCUT2D eigenvalue weighted by atomic mass is 35.5. The molecule has 0 spiro atoms. The zero-order valence-corrected chi connectivity index (χ0v) is 12.3. The van der Waals surface area contributed by atoms with Crippen molar-refractivity contribution in [2.45, 2.75) is 25.7 Å². The standard InChI is InChI=1S/C15H17Cl2NO/c16-12-5-6-14(17)13(7-12)15(19)18-8-10-3-1-2-4-11(10)9-18/h5-7,10-11H,1-4,8-9H2. The van der Waals surface area contributed by atoms with Crippen LogP contribution in [0, 0.1) is 11.8 Å². The normalized spacial score (nSPS) is 26.3. The van der Waals surface area contributed by atoms with Gasteiger partial charge in [0, 0.05) is 18.1 Å². The first-order valence-electron chi connectivity index (χ1n) is 6.89. The first-order chi connectivity index (χ1) is 9.15. The highest BCUT2D eigenvalue weighted by molar-refractivity contribution is 6.35. The Morgan fingerprint density at radius 3 is 2.37 bits per heavy atom. The molecule has 0 bridgehead atoms. The Morgan fingerprint density at radius 1 is 1.11 bits per heavy atom. The van der Waals surface area contributed by atoms with Gasteiger partial charge >= 0.3 is 0 Å². The summed E-state index contributed by atoms with van der Waals surface area (Å²) in [6, 6.07) is 5.08. The first-order valence-corrected chi connectivity index (χ1v) is 7.65. The SMILES string of the molecule is O=C(c1cc(Cl)ccc1Cl)N1CC2CCCCC2C1. The van der Waals surface area contributed by atoms with E-state index in [9.17, 15) is 4.79 Å². The van der Waals surface area contributed by atoms with Crippen LogP contribution in [0.5, 0.6) is 0 Å². The van der Waals surface area contributed by atoms with E-state index in [1.165, 1.54) is 25.7 Å². The van der Waals surface area contributed by atoms with Crippen LogP contribution in [0.25, 0.3) is 0 Å². The van der Waals surface area contributed by atoms with E-state index < -0.39 is 0 Å². The van der Waals surface area contributed by atoms with Gasteiger partial charge in [-0.3, -0.25) is 4.79 Å². The minimum absolute atomic E-state index is 0.0295. The van der Waals surface area contributed by atoms with Crippen molar-refractivity contribution in [3.63, 3.8) is 0 Å². The number of halogens is 2. The fourth-order valence-corrected chi connectivity index (χ4v) is 3.77. The molecular formula is C15H17Cl2NO. The molecule has 1 aromatic carbocycles. The molecule has 1 aliphatic heterocycles. The molecule has 0 aromatic heterocycles. The second-order valence-corrected chi connectivity index (χ2v) is 6.48. The number of hydrogen-bond donors (Lipinski definition) is 0. The largest absolute Gasteiger partial charge is 0.338 e. The number of nitrogens with zero attached hydrogens (tertiary/aromatic N) is 1. The highest BCUT2D eigenvalue weighted by Gasteiger charge is 2.37. The fraction of sp³-hybridized carbons (Fsp3) is 0.533. The molecule has 0 radical (unpaired) electrons. The van der Waals surface area contributed by atoms with Crippen molar-refractivity contribution < 1.29 is 4.79 Å². The second kappa shape index (κ2) is 5.34. The summed E-state index contributed by atoms with van der Waals surface area (Å²) in [6.45, 7) is 1.76. The topological polar surface area (TPSA) is 20.3 Å². The highest BCUT2D eigenvalue weighted by Crippen LogP contribution is 2.37. The number of likely N-dealkylation sites (tertiary alicyclic amines) is 1. The van der Waals surface area contributed by atoms with Gasteiger partial charge in [0.25, 0.3) is 5.91 Å². The number of amides is 1. The van der Waals surface area contributed by atoms with Crippen molar-refractivity contribution in [3.8, 4) is 0 Å². The number of rotatable bonds is 1. The van der Waals surface area contributed by atoms with E-state index in [4.69, 9.17) is 23.2 Å². The molecule has 1 amide bonds. The molecule has 1 saturated carbocycles. The lowest BCUT2D eigenvalue weighted by Gasteiger charge is -2.22. The van der Waals surface area contributed by atoms with Crippen LogP contribution in [0.1, 0.15) is 36.0 Å². The Bertz CT molecular complexity index is 489. The Labute approximate surface area is 123 Å². The maximum atomic E-state index is 12.5. The van der Waals surface area contributed by atoms with E-state index in [2.05, 4.69) is 0 Å². The molecule has 102 valence electrons. The molecule has 4 heteroatoms. The molecule has 2 unspecified atom stereocenters. The monoisotopic (exact) mass is 297 g/mol. The van der Waals surface area contributed by atoms with Gasteiger partial charge in [0.2, 0.25) is 0 Å². The third kappa shape index (κ3) is 2.61. The van der Waals surface area contributed by atoms with Crippen LogP contribution < -0.4 is 0 Å². The van der Waals surface area contributed by atoms with Crippen LogP contribution in [0.4, 0.5) is 0 Å². The predicted molar refractivity (Wildman–Crippen MR) is 77.8 cm³/mol. The average Bonchev–Trinajstić information content (AvgIpc) is 2.84. The molecule has 2 fully saturated rings. The summed E-state index contributed by atoms with van der Waals surface area (Å²) >= 11 is 12.1. The molecule has 1 aromatic rings. The summed E-state index contributed by atoms with van der Waals surface area (Å²) in [4.78, 5) is 14.5. The molecule has 19 heavy (non-hydrogen) atoms. The number of carbonyl (C=O) groups excluding carboxylic acids is 1. The minimum atomic E-state index is 0.0295. The number of hydrogen-bond acceptors (Lipinski definition) is 1. The molecule has 2 aliphatic rings. The molecule has 0 N–H and O–H groups in total. The van der Waals surface area contributed by atoms with Crippen LogP contribution in [0.15, 0.2) is 18.2 Å². The lowest BCUT2D eigenvalue weighted by Crippen LogP contribution is -2.29. The van der Waals surface area contributed by atoms with Gasteiger partial charge in [-0.05, 0) is 42.9 Å². The Morgan fingerprint density at radius 2 is 1.74 bits per heavy atom. The summed E-state index contributed by atoms with van der Waals surface area (Å²) in [5.41, 5.74) is 0.535. The predicted octanol–water partition coefficient (Wildman–Crippen LogP) is 4.26. The van der Waals surface area contributed by atoms with E-state index in [1.807, 2.05) is 4.90 Å². The van der Waals surface area contributed by atoms with Gasteiger partial charge in [-0.2, -0.15) is 0 Å². The van der Waals surface area contributed by atoms with Gasteiger partial charge in [0.1, 0.15) is 0 Å². The third-order valence-corrected chi connectivity index (χ3v) is 4.99. The summed E-state index contributed by atoms with van der Waals surface area (Å²) < 4.78 is 0.